The smallest absolute Gasteiger partial charge is 0.0591 e. The van der Waals surface area contributed by atoms with Gasteiger partial charge in [0.15, 0.2) is 0 Å². The number of nitrogens with one attached hydrogen (secondary N) is 2. The van der Waals surface area contributed by atoms with Gasteiger partial charge in [-0.05, 0) is 12.1 Å². The van der Waals surface area contributed by atoms with Crippen molar-refractivity contribution in [1.29, 1.82) is 0 Å². The van der Waals surface area contributed by atoms with Crippen molar-refractivity contribution in [2.24, 2.45) is 5.84 Å². The predicted octanol–water partition coefficient (Wildman–Crippen LogP) is 0.578. The van der Waals surface area contributed by atoms with E-state index in [1.54, 1.807) is 0 Å². The molecule has 1 aliphatic heterocycles. The number of nitrogen functional groups attached to an aromatic ring is 1. The lowest BCUT2D eigenvalue weighted by Crippen LogP contribution is -2.30. The lowest BCUT2D eigenvalue weighted by atomic mass is 10.3. The number of hydrogen-bond donors (Lipinski definition) is 3. The average molecular weight is 195 g/mol. The molecule has 0 amide bonds. The summed E-state index contributed by atoms with van der Waals surface area (Å²) in [6.45, 7) is 3.83. The molecule has 0 saturated carbocycles. The van der Waals surface area contributed by atoms with E-state index in [9.17, 15) is 0 Å². The molecule has 1 fully saturated rings. The van der Waals surface area contributed by atoms with Crippen LogP contribution in [0.1, 0.15) is 0 Å². The summed E-state index contributed by atoms with van der Waals surface area (Å²) in [4.78, 5) is 0. The maximum atomic E-state index is 5.10. The lowest BCUT2D eigenvalue weighted by Gasteiger charge is -2.10. The third kappa shape index (κ3) is 4.81. The molecule has 1 aliphatic rings. The molecule has 0 bridgehead atoms. The van der Waals surface area contributed by atoms with E-state index < -0.39 is 0 Å². The SMILES string of the molecule is C1COCCN1.NNc1ccccc1. The summed E-state index contributed by atoms with van der Waals surface area (Å²) < 4.78 is 5.01. The van der Waals surface area contributed by atoms with Gasteiger partial charge in [0.25, 0.3) is 0 Å². The van der Waals surface area contributed by atoms with E-state index in [2.05, 4.69) is 10.7 Å². The number of hydrazine groups is 1. The molecule has 0 unspecified atom stereocenters. The highest BCUT2D eigenvalue weighted by Gasteiger charge is 1.92. The molecule has 78 valence electrons. The summed E-state index contributed by atoms with van der Waals surface area (Å²) in [6, 6.07) is 9.60. The van der Waals surface area contributed by atoms with Crippen molar-refractivity contribution in [2.45, 2.75) is 0 Å². The van der Waals surface area contributed by atoms with Gasteiger partial charge in [0.1, 0.15) is 0 Å². The van der Waals surface area contributed by atoms with Crippen molar-refractivity contribution in [2.75, 3.05) is 31.7 Å². The Bertz CT molecular complexity index is 213. The van der Waals surface area contributed by atoms with Gasteiger partial charge >= 0.3 is 0 Å². The fraction of sp³-hybridized carbons (Fsp3) is 0.400. The molecule has 2 rings (SSSR count). The maximum absolute atomic E-state index is 5.10. The van der Waals surface area contributed by atoms with E-state index in [0.717, 1.165) is 32.0 Å². The van der Waals surface area contributed by atoms with Crippen LogP contribution in [0.25, 0.3) is 0 Å². The second-order valence-corrected chi connectivity index (χ2v) is 2.87. The minimum Gasteiger partial charge on any atom is -0.379 e. The Balaban J connectivity index is 0.000000146. The molecular formula is C10H17N3O. The van der Waals surface area contributed by atoms with Crippen LogP contribution in [0.2, 0.25) is 0 Å². The van der Waals surface area contributed by atoms with Gasteiger partial charge in [0, 0.05) is 18.8 Å². The van der Waals surface area contributed by atoms with E-state index in [-0.39, 0.29) is 0 Å². The molecule has 0 radical (unpaired) electrons. The molecule has 0 atom stereocenters. The normalized spacial score (nSPS) is 15.2. The number of ether oxygens (including phenoxy) is 1. The number of rotatable bonds is 1. The summed E-state index contributed by atoms with van der Waals surface area (Å²) in [6.07, 6.45) is 0. The van der Waals surface area contributed by atoms with Gasteiger partial charge in [-0.15, -0.1) is 0 Å². The third-order valence-electron chi connectivity index (χ3n) is 1.79. The van der Waals surface area contributed by atoms with Gasteiger partial charge in [-0.25, -0.2) is 0 Å². The Hall–Kier alpha value is -1.10. The molecule has 1 aromatic rings. The van der Waals surface area contributed by atoms with E-state index in [4.69, 9.17) is 10.6 Å². The molecule has 1 heterocycles. The zero-order valence-electron chi connectivity index (χ0n) is 8.20. The first-order chi connectivity index (χ1) is 6.93. The number of anilines is 1. The predicted molar refractivity (Wildman–Crippen MR) is 57.9 cm³/mol. The summed E-state index contributed by atoms with van der Waals surface area (Å²) in [7, 11) is 0. The average Bonchev–Trinajstić information content (AvgIpc) is 2.33. The number of benzene rings is 1. The Labute approximate surface area is 84.4 Å². The Morgan fingerprint density at radius 3 is 2.07 bits per heavy atom. The van der Waals surface area contributed by atoms with Crippen molar-refractivity contribution < 1.29 is 4.74 Å². The van der Waals surface area contributed by atoms with Gasteiger partial charge in [-0.3, -0.25) is 5.84 Å². The van der Waals surface area contributed by atoms with Gasteiger partial charge < -0.3 is 15.5 Å². The molecule has 4 heteroatoms. The standard InChI is InChI=1S/C6H8N2.C4H9NO/c7-8-6-4-2-1-3-5-6;1-3-6-4-2-5-1/h1-5,8H,7H2;5H,1-4H2. The highest BCUT2D eigenvalue weighted by Crippen LogP contribution is 2.00. The fourth-order valence-corrected chi connectivity index (χ4v) is 1.05. The Morgan fingerprint density at radius 2 is 1.79 bits per heavy atom. The topological polar surface area (TPSA) is 59.3 Å². The number of hydrogen-bond acceptors (Lipinski definition) is 4. The van der Waals surface area contributed by atoms with Crippen LogP contribution in [-0.4, -0.2) is 26.3 Å². The van der Waals surface area contributed by atoms with E-state index in [1.807, 2.05) is 30.3 Å². The highest BCUT2D eigenvalue weighted by atomic mass is 16.5. The minimum atomic E-state index is 0.889. The van der Waals surface area contributed by atoms with E-state index in [1.165, 1.54) is 0 Å². The van der Waals surface area contributed by atoms with Crippen molar-refractivity contribution in [1.82, 2.24) is 5.32 Å². The monoisotopic (exact) mass is 195 g/mol. The van der Waals surface area contributed by atoms with Gasteiger partial charge in [-0.2, -0.15) is 0 Å². The summed E-state index contributed by atoms with van der Waals surface area (Å²) >= 11 is 0. The summed E-state index contributed by atoms with van der Waals surface area (Å²) in [5, 5.41) is 3.16. The van der Waals surface area contributed by atoms with Crippen molar-refractivity contribution >= 4 is 5.69 Å². The zero-order valence-corrected chi connectivity index (χ0v) is 8.20. The third-order valence-corrected chi connectivity index (χ3v) is 1.79. The van der Waals surface area contributed by atoms with Crippen LogP contribution in [0.5, 0.6) is 0 Å². The Kier molecular flexibility index (Phi) is 5.74. The van der Waals surface area contributed by atoms with Gasteiger partial charge in [0.2, 0.25) is 0 Å². The summed E-state index contributed by atoms with van der Waals surface area (Å²) in [5.74, 6) is 5.10. The molecule has 1 aromatic carbocycles. The highest BCUT2D eigenvalue weighted by molar-refractivity contribution is 5.40. The van der Waals surface area contributed by atoms with E-state index in [0.29, 0.717) is 0 Å². The second kappa shape index (κ2) is 7.32. The molecule has 0 spiro atoms. The quantitative estimate of drug-likeness (QED) is 0.453. The molecule has 1 saturated heterocycles. The maximum Gasteiger partial charge on any atom is 0.0591 e. The van der Waals surface area contributed by atoms with Crippen LogP contribution in [0, 0.1) is 0 Å². The van der Waals surface area contributed by atoms with Crippen LogP contribution in [-0.2, 0) is 4.74 Å². The van der Waals surface area contributed by atoms with Gasteiger partial charge in [0.05, 0.1) is 13.2 Å². The van der Waals surface area contributed by atoms with Crippen LogP contribution in [0.15, 0.2) is 30.3 Å². The number of nitrogens with two attached hydrogens (primary N) is 1. The zero-order chi connectivity index (χ0) is 10.1. The number of morpholine rings is 1. The largest absolute Gasteiger partial charge is 0.379 e. The lowest BCUT2D eigenvalue weighted by molar-refractivity contribution is 0.109. The van der Waals surface area contributed by atoms with Crippen molar-refractivity contribution in [3.8, 4) is 0 Å². The van der Waals surface area contributed by atoms with Gasteiger partial charge in [-0.1, -0.05) is 18.2 Å². The molecular weight excluding hydrogens is 178 g/mol. The fourth-order valence-electron chi connectivity index (χ4n) is 1.05. The first kappa shape index (κ1) is 11.0. The molecule has 0 aromatic heterocycles. The number of para-hydroxylation sites is 1. The summed E-state index contributed by atoms with van der Waals surface area (Å²) in [5.41, 5.74) is 3.46. The van der Waals surface area contributed by atoms with Crippen LogP contribution >= 0.6 is 0 Å². The minimum absolute atomic E-state index is 0.889. The van der Waals surface area contributed by atoms with Crippen LogP contribution in [0.4, 0.5) is 5.69 Å². The van der Waals surface area contributed by atoms with E-state index >= 15 is 0 Å². The van der Waals surface area contributed by atoms with Crippen LogP contribution < -0.4 is 16.6 Å². The molecule has 14 heavy (non-hydrogen) atoms. The van der Waals surface area contributed by atoms with Crippen molar-refractivity contribution in [3.63, 3.8) is 0 Å². The Morgan fingerprint density at radius 1 is 1.14 bits per heavy atom. The first-order valence-corrected chi connectivity index (χ1v) is 4.73. The van der Waals surface area contributed by atoms with Crippen molar-refractivity contribution in [3.05, 3.63) is 30.3 Å². The molecule has 0 aliphatic carbocycles. The molecule has 4 N–H and O–H groups in total. The second-order valence-electron chi connectivity index (χ2n) is 2.87. The molecule has 4 nitrogen and oxygen atoms in total. The first-order valence-electron chi connectivity index (χ1n) is 4.73. The van der Waals surface area contributed by atoms with Crippen LogP contribution in [0.3, 0.4) is 0 Å².